The fourth-order valence-electron chi connectivity index (χ4n) is 4.98. The average Bonchev–Trinajstić information content (AvgIpc) is 3.14. The Kier molecular flexibility index (Phi) is 4.32. The number of aromatic nitrogens is 4. The second-order valence-corrected chi connectivity index (χ2v) is 8.25. The lowest BCUT2D eigenvalue weighted by atomic mass is 9.61. The van der Waals surface area contributed by atoms with Crippen LogP contribution < -0.4 is 0 Å². The van der Waals surface area contributed by atoms with E-state index in [2.05, 4.69) is 32.5 Å². The summed E-state index contributed by atoms with van der Waals surface area (Å²) in [5.74, 6) is 0.276. The third-order valence-corrected chi connectivity index (χ3v) is 6.55. The molecule has 0 radical (unpaired) electrons. The molecular weight excluding hydrogens is 367 g/mol. The summed E-state index contributed by atoms with van der Waals surface area (Å²) in [6.07, 6.45) is 9.69. The number of imidazole rings is 1. The van der Waals surface area contributed by atoms with E-state index in [0.717, 1.165) is 42.8 Å². The van der Waals surface area contributed by atoms with Gasteiger partial charge in [0, 0.05) is 35.8 Å². The number of rotatable bonds is 3. The van der Waals surface area contributed by atoms with E-state index in [0.29, 0.717) is 5.82 Å². The Morgan fingerprint density at radius 2 is 1.93 bits per heavy atom. The zero-order valence-corrected chi connectivity index (χ0v) is 16.3. The van der Waals surface area contributed by atoms with Crippen molar-refractivity contribution < 1.29 is 9.50 Å². The second kappa shape index (κ2) is 6.88. The van der Waals surface area contributed by atoms with Crippen molar-refractivity contribution >= 4 is 6.08 Å². The van der Waals surface area contributed by atoms with Crippen LogP contribution in [0, 0.1) is 17.2 Å². The molecule has 1 aliphatic carbocycles. The summed E-state index contributed by atoms with van der Waals surface area (Å²) in [5, 5.41) is 11.1. The SMILES string of the molecule is C[C@]12Cn3cnc(-c4ccc(F)cc4)c3C=C1CCC[C@@H]2C(O)c1ncccn1. The molecular formula is C23H23FN4O. The number of halogens is 1. The van der Waals surface area contributed by atoms with E-state index >= 15 is 0 Å². The summed E-state index contributed by atoms with van der Waals surface area (Å²) in [6.45, 7) is 2.98. The number of nitrogens with zero attached hydrogens (tertiary/aromatic N) is 4. The molecule has 2 aliphatic rings. The van der Waals surface area contributed by atoms with Crippen LogP contribution in [0.5, 0.6) is 0 Å². The van der Waals surface area contributed by atoms with E-state index in [-0.39, 0.29) is 17.2 Å². The Bertz CT molecular complexity index is 1060. The van der Waals surface area contributed by atoms with Gasteiger partial charge in [0.15, 0.2) is 5.82 Å². The van der Waals surface area contributed by atoms with Crippen LogP contribution in [-0.2, 0) is 6.54 Å². The highest BCUT2D eigenvalue weighted by molar-refractivity contribution is 5.72. The molecule has 0 spiro atoms. The molecule has 1 aromatic carbocycles. The molecule has 0 amide bonds. The second-order valence-electron chi connectivity index (χ2n) is 8.25. The highest BCUT2D eigenvalue weighted by atomic mass is 19.1. The molecule has 1 saturated carbocycles. The molecule has 3 atom stereocenters. The molecule has 6 heteroatoms. The number of hydrogen-bond acceptors (Lipinski definition) is 4. The Balaban J connectivity index is 1.53. The lowest BCUT2D eigenvalue weighted by Crippen LogP contribution is -2.42. The maximum absolute atomic E-state index is 13.3. The standard InChI is InChI=1S/C23H23FN4O/c1-23-13-28-14-27-20(15-6-8-17(24)9-7-15)19(28)12-16(23)4-2-5-18(23)21(29)22-25-10-3-11-26-22/h3,6-12,14,18,21,29H,2,4-5,13H2,1H3/t18-,21?,23+/m1/s1. The van der Waals surface area contributed by atoms with Gasteiger partial charge in [0.25, 0.3) is 0 Å². The first-order valence-electron chi connectivity index (χ1n) is 10.0. The lowest BCUT2D eigenvalue weighted by Gasteiger charge is -2.47. The fourth-order valence-corrected chi connectivity index (χ4v) is 4.98. The third kappa shape index (κ3) is 2.99. The predicted octanol–water partition coefficient (Wildman–Crippen LogP) is 4.42. The Hall–Kier alpha value is -2.86. The molecule has 1 unspecified atom stereocenters. The average molecular weight is 390 g/mol. The van der Waals surface area contributed by atoms with Crippen molar-refractivity contribution in [3.63, 3.8) is 0 Å². The van der Waals surface area contributed by atoms with Crippen molar-refractivity contribution in [2.24, 2.45) is 11.3 Å². The molecule has 1 N–H and O–H groups in total. The lowest BCUT2D eigenvalue weighted by molar-refractivity contribution is 0.00714. The topological polar surface area (TPSA) is 63.8 Å². The van der Waals surface area contributed by atoms with Crippen molar-refractivity contribution in [1.82, 2.24) is 19.5 Å². The molecule has 0 saturated heterocycles. The Labute approximate surface area is 169 Å². The number of allylic oxidation sites excluding steroid dienone is 1. The summed E-state index contributed by atoms with van der Waals surface area (Å²) in [4.78, 5) is 13.2. The van der Waals surface area contributed by atoms with Gasteiger partial charge in [0.05, 0.1) is 17.7 Å². The molecule has 1 fully saturated rings. The summed E-state index contributed by atoms with van der Waals surface area (Å²) >= 11 is 0. The number of fused-ring (bicyclic) bond motifs is 2. The van der Waals surface area contributed by atoms with Gasteiger partial charge < -0.3 is 9.67 Å². The molecule has 148 valence electrons. The molecule has 3 heterocycles. The summed E-state index contributed by atoms with van der Waals surface area (Å²) in [5.41, 5.74) is 3.97. The summed E-state index contributed by atoms with van der Waals surface area (Å²) in [6, 6.07) is 8.23. The van der Waals surface area contributed by atoms with E-state index < -0.39 is 6.10 Å². The molecule has 1 aliphatic heterocycles. The van der Waals surface area contributed by atoms with E-state index in [4.69, 9.17) is 0 Å². The van der Waals surface area contributed by atoms with Gasteiger partial charge in [-0.1, -0.05) is 12.5 Å². The Morgan fingerprint density at radius 1 is 1.17 bits per heavy atom. The van der Waals surface area contributed by atoms with Crippen molar-refractivity contribution in [2.75, 3.05) is 0 Å². The minimum atomic E-state index is -0.702. The maximum atomic E-state index is 13.3. The largest absolute Gasteiger partial charge is 0.385 e. The van der Waals surface area contributed by atoms with Gasteiger partial charge in [0.2, 0.25) is 0 Å². The normalized spacial score (nSPS) is 24.4. The monoisotopic (exact) mass is 390 g/mol. The fraction of sp³-hybridized carbons (Fsp3) is 0.348. The van der Waals surface area contributed by atoms with Gasteiger partial charge in [-0.25, -0.2) is 19.3 Å². The van der Waals surface area contributed by atoms with Crippen LogP contribution in [0.25, 0.3) is 17.3 Å². The zero-order valence-electron chi connectivity index (χ0n) is 16.3. The van der Waals surface area contributed by atoms with Crippen molar-refractivity contribution in [2.45, 2.75) is 38.8 Å². The van der Waals surface area contributed by atoms with E-state index in [1.807, 2.05) is 6.33 Å². The summed E-state index contributed by atoms with van der Waals surface area (Å²) < 4.78 is 15.5. The quantitative estimate of drug-likeness (QED) is 0.719. The molecule has 3 aromatic rings. The highest BCUT2D eigenvalue weighted by Gasteiger charge is 2.47. The molecule has 5 rings (SSSR count). The molecule has 29 heavy (non-hydrogen) atoms. The van der Waals surface area contributed by atoms with Gasteiger partial charge in [-0.3, -0.25) is 0 Å². The molecule has 5 nitrogen and oxygen atoms in total. The van der Waals surface area contributed by atoms with E-state index in [9.17, 15) is 9.50 Å². The van der Waals surface area contributed by atoms with Crippen molar-refractivity contribution in [3.05, 3.63) is 72.0 Å². The molecule has 0 bridgehead atoms. The summed E-state index contributed by atoms with van der Waals surface area (Å²) in [7, 11) is 0. The number of benzene rings is 1. The highest BCUT2D eigenvalue weighted by Crippen LogP contribution is 2.53. The molecule has 2 aromatic heterocycles. The number of hydrogen-bond donors (Lipinski definition) is 1. The first-order valence-corrected chi connectivity index (χ1v) is 10.0. The van der Waals surface area contributed by atoms with Crippen LogP contribution in [-0.4, -0.2) is 24.6 Å². The zero-order chi connectivity index (χ0) is 20.0. The van der Waals surface area contributed by atoms with Gasteiger partial charge in [-0.15, -0.1) is 0 Å². The number of aliphatic hydroxyl groups is 1. The Morgan fingerprint density at radius 3 is 2.69 bits per heavy atom. The van der Waals surface area contributed by atoms with Gasteiger partial charge >= 0.3 is 0 Å². The van der Waals surface area contributed by atoms with Gasteiger partial charge in [-0.05, 0) is 55.7 Å². The van der Waals surface area contributed by atoms with Crippen LogP contribution in [0.1, 0.15) is 43.8 Å². The van der Waals surface area contributed by atoms with Gasteiger partial charge in [-0.2, -0.15) is 0 Å². The van der Waals surface area contributed by atoms with Crippen LogP contribution >= 0.6 is 0 Å². The smallest absolute Gasteiger partial charge is 0.157 e. The predicted molar refractivity (Wildman–Crippen MR) is 108 cm³/mol. The minimum Gasteiger partial charge on any atom is -0.385 e. The first-order chi connectivity index (χ1) is 14.1. The van der Waals surface area contributed by atoms with Crippen LogP contribution in [0.15, 0.2) is 54.6 Å². The van der Waals surface area contributed by atoms with E-state index in [1.54, 1.807) is 30.6 Å². The maximum Gasteiger partial charge on any atom is 0.157 e. The van der Waals surface area contributed by atoms with Crippen LogP contribution in [0.3, 0.4) is 0 Å². The van der Waals surface area contributed by atoms with E-state index in [1.165, 1.54) is 17.7 Å². The first kappa shape index (κ1) is 18.2. The minimum absolute atomic E-state index is 0.0368. The van der Waals surface area contributed by atoms with Crippen molar-refractivity contribution in [3.8, 4) is 11.3 Å². The van der Waals surface area contributed by atoms with Gasteiger partial charge in [0.1, 0.15) is 11.9 Å². The van der Waals surface area contributed by atoms with Crippen molar-refractivity contribution in [1.29, 1.82) is 0 Å². The van der Waals surface area contributed by atoms with Crippen LogP contribution in [0.2, 0.25) is 0 Å². The van der Waals surface area contributed by atoms with Crippen LogP contribution in [0.4, 0.5) is 4.39 Å². The number of aliphatic hydroxyl groups excluding tert-OH is 1. The third-order valence-electron chi connectivity index (χ3n) is 6.55.